The predicted molar refractivity (Wildman–Crippen MR) is 64.2 cm³/mol. The van der Waals surface area contributed by atoms with Crippen molar-refractivity contribution in [2.75, 3.05) is 11.4 Å². The van der Waals surface area contributed by atoms with Crippen LogP contribution in [0.2, 0.25) is 0 Å². The second-order valence-corrected chi connectivity index (χ2v) is 4.33. The fourth-order valence-electron chi connectivity index (χ4n) is 2.09. The van der Waals surface area contributed by atoms with Crippen LogP contribution in [0.25, 0.3) is 0 Å². The minimum absolute atomic E-state index is 0.0107. The number of hydrogen-bond donors (Lipinski definition) is 1. The molecule has 0 atom stereocenters. The summed E-state index contributed by atoms with van der Waals surface area (Å²) in [5.74, 6) is -1.83. The molecule has 1 amide bonds. The molecule has 0 unspecified atom stereocenters. The van der Waals surface area contributed by atoms with Crippen LogP contribution in [0.4, 0.5) is 10.1 Å². The number of rotatable bonds is 2. The molecule has 0 aromatic heterocycles. The Morgan fingerprint density at radius 2 is 2.06 bits per heavy atom. The summed E-state index contributed by atoms with van der Waals surface area (Å²) in [6, 6.07) is 3.52. The van der Waals surface area contributed by atoms with E-state index in [0.29, 0.717) is 13.0 Å². The highest BCUT2D eigenvalue weighted by Crippen LogP contribution is 2.24. The first-order valence-electron chi connectivity index (χ1n) is 5.93. The van der Waals surface area contributed by atoms with Crippen LogP contribution in [-0.4, -0.2) is 23.5 Å². The van der Waals surface area contributed by atoms with E-state index in [4.69, 9.17) is 5.11 Å². The van der Waals surface area contributed by atoms with Crippen LogP contribution < -0.4 is 4.90 Å². The van der Waals surface area contributed by atoms with Gasteiger partial charge in [0.2, 0.25) is 5.91 Å². The van der Waals surface area contributed by atoms with E-state index in [2.05, 4.69) is 0 Å². The molecule has 4 nitrogen and oxygen atoms in total. The zero-order valence-electron chi connectivity index (χ0n) is 9.86. The van der Waals surface area contributed by atoms with Gasteiger partial charge < -0.3 is 10.0 Å². The van der Waals surface area contributed by atoms with Gasteiger partial charge in [0, 0.05) is 13.0 Å². The van der Waals surface area contributed by atoms with E-state index in [0.717, 1.165) is 25.3 Å². The first kappa shape index (κ1) is 12.5. The normalized spacial score (nSPS) is 16.5. The van der Waals surface area contributed by atoms with E-state index >= 15 is 0 Å². The molecule has 1 aliphatic rings. The van der Waals surface area contributed by atoms with Crippen molar-refractivity contribution < 1.29 is 19.1 Å². The first-order chi connectivity index (χ1) is 8.59. The predicted octanol–water partition coefficient (Wildman–Crippen LogP) is 2.43. The van der Waals surface area contributed by atoms with Crippen LogP contribution in [0.1, 0.15) is 36.0 Å². The summed E-state index contributed by atoms with van der Waals surface area (Å²) in [6.45, 7) is 0.443. The Bertz CT molecular complexity index is 487. The fourth-order valence-corrected chi connectivity index (χ4v) is 2.09. The Kier molecular flexibility index (Phi) is 3.60. The number of hydrogen-bond acceptors (Lipinski definition) is 2. The Morgan fingerprint density at radius 3 is 2.78 bits per heavy atom. The summed E-state index contributed by atoms with van der Waals surface area (Å²) in [6.07, 6.45) is 2.93. The number of carboxylic acid groups (broad SMARTS) is 1. The maximum atomic E-state index is 13.7. The van der Waals surface area contributed by atoms with Crippen LogP contribution in [0.3, 0.4) is 0 Å². The summed E-state index contributed by atoms with van der Waals surface area (Å²) >= 11 is 0. The lowest BCUT2D eigenvalue weighted by Gasteiger charge is -2.21. The van der Waals surface area contributed by atoms with Crippen molar-refractivity contribution in [2.24, 2.45) is 0 Å². The number of carbonyl (C=O) groups excluding carboxylic acids is 1. The number of nitrogens with zero attached hydrogens (tertiary/aromatic N) is 1. The molecule has 96 valence electrons. The summed E-state index contributed by atoms with van der Waals surface area (Å²) in [4.78, 5) is 24.1. The molecule has 1 fully saturated rings. The molecule has 0 aliphatic carbocycles. The van der Waals surface area contributed by atoms with Crippen LogP contribution in [0.15, 0.2) is 18.2 Å². The summed E-state index contributed by atoms with van der Waals surface area (Å²) < 4.78 is 13.7. The number of amides is 1. The van der Waals surface area contributed by atoms with Crippen molar-refractivity contribution in [1.82, 2.24) is 0 Å². The highest BCUT2D eigenvalue weighted by molar-refractivity contribution is 5.96. The number of aromatic carboxylic acids is 1. The standard InChI is InChI=1S/C13H14FNO3/c14-10-6-5-9(13(17)18)8-11(10)15-7-3-1-2-4-12(15)16/h5-6,8H,1-4,7H2,(H,17,18). The molecule has 1 aliphatic heterocycles. The number of anilines is 1. The lowest BCUT2D eigenvalue weighted by atomic mass is 10.1. The third kappa shape index (κ3) is 2.50. The molecular formula is C13H14FNO3. The number of halogens is 1. The van der Waals surface area contributed by atoms with Crippen LogP contribution >= 0.6 is 0 Å². The molecule has 5 heteroatoms. The number of carboxylic acids is 1. The Labute approximate surface area is 104 Å². The van der Waals surface area contributed by atoms with Gasteiger partial charge in [-0.2, -0.15) is 0 Å². The van der Waals surface area contributed by atoms with Crippen LogP contribution in [-0.2, 0) is 4.79 Å². The van der Waals surface area contributed by atoms with Crippen LogP contribution in [0, 0.1) is 5.82 Å². The highest BCUT2D eigenvalue weighted by atomic mass is 19.1. The monoisotopic (exact) mass is 251 g/mol. The Morgan fingerprint density at radius 1 is 1.28 bits per heavy atom. The second-order valence-electron chi connectivity index (χ2n) is 4.33. The summed E-state index contributed by atoms with van der Waals surface area (Å²) in [5.41, 5.74) is 0.0604. The summed E-state index contributed by atoms with van der Waals surface area (Å²) in [5, 5.41) is 8.89. The van der Waals surface area contributed by atoms with Gasteiger partial charge in [-0.3, -0.25) is 4.79 Å². The van der Waals surface area contributed by atoms with Crippen molar-refractivity contribution in [1.29, 1.82) is 0 Å². The Hall–Kier alpha value is -1.91. The molecule has 0 radical (unpaired) electrons. The van der Waals surface area contributed by atoms with Crippen LogP contribution in [0.5, 0.6) is 0 Å². The van der Waals surface area contributed by atoms with Gasteiger partial charge in [-0.25, -0.2) is 9.18 Å². The maximum absolute atomic E-state index is 13.7. The molecule has 1 aromatic rings. The van der Waals surface area contributed by atoms with Gasteiger partial charge in [0.15, 0.2) is 0 Å². The third-order valence-corrected chi connectivity index (χ3v) is 3.06. The molecule has 1 aromatic carbocycles. The Balaban J connectivity index is 2.38. The third-order valence-electron chi connectivity index (χ3n) is 3.06. The molecule has 1 heterocycles. The zero-order chi connectivity index (χ0) is 13.1. The van der Waals surface area contributed by atoms with Gasteiger partial charge in [-0.1, -0.05) is 6.42 Å². The molecule has 1 N–H and O–H groups in total. The van der Waals surface area contributed by atoms with E-state index in [1.807, 2.05) is 0 Å². The lowest BCUT2D eigenvalue weighted by Crippen LogP contribution is -2.31. The van der Waals surface area contributed by atoms with Gasteiger partial charge in [0.25, 0.3) is 0 Å². The average Bonchev–Trinajstić information content (AvgIpc) is 2.54. The number of carbonyl (C=O) groups is 2. The van der Waals surface area contributed by atoms with Gasteiger partial charge in [-0.05, 0) is 31.0 Å². The minimum Gasteiger partial charge on any atom is -0.478 e. The average molecular weight is 251 g/mol. The van der Waals surface area contributed by atoms with Crippen molar-refractivity contribution in [2.45, 2.75) is 25.7 Å². The van der Waals surface area contributed by atoms with E-state index in [-0.39, 0.29) is 17.2 Å². The van der Waals surface area contributed by atoms with Crippen molar-refractivity contribution in [3.8, 4) is 0 Å². The van der Waals surface area contributed by atoms with Crippen molar-refractivity contribution in [3.05, 3.63) is 29.6 Å². The summed E-state index contributed by atoms with van der Waals surface area (Å²) in [7, 11) is 0. The smallest absolute Gasteiger partial charge is 0.335 e. The molecule has 0 bridgehead atoms. The number of benzene rings is 1. The fraction of sp³-hybridized carbons (Fsp3) is 0.385. The second kappa shape index (κ2) is 5.16. The van der Waals surface area contributed by atoms with Gasteiger partial charge in [0.05, 0.1) is 11.3 Å². The lowest BCUT2D eigenvalue weighted by molar-refractivity contribution is -0.118. The largest absolute Gasteiger partial charge is 0.478 e. The quantitative estimate of drug-likeness (QED) is 0.878. The zero-order valence-corrected chi connectivity index (χ0v) is 9.86. The molecule has 18 heavy (non-hydrogen) atoms. The first-order valence-corrected chi connectivity index (χ1v) is 5.93. The van der Waals surface area contributed by atoms with E-state index in [1.54, 1.807) is 0 Å². The molecule has 0 saturated carbocycles. The van der Waals surface area contributed by atoms with E-state index < -0.39 is 11.8 Å². The van der Waals surface area contributed by atoms with Crippen molar-refractivity contribution >= 4 is 17.6 Å². The van der Waals surface area contributed by atoms with Gasteiger partial charge in [0.1, 0.15) is 5.82 Å². The molecular weight excluding hydrogens is 237 g/mol. The van der Waals surface area contributed by atoms with Gasteiger partial charge in [-0.15, -0.1) is 0 Å². The van der Waals surface area contributed by atoms with Crippen molar-refractivity contribution in [3.63, 3.8) is 0 Å². The van der Waals surface area contributed by atoms with E-state index in [9.17, 15) is 14.0 Å². The molecule has 1 saturated heterocycles. The SMILES string of the molecule is O=C(O)c1ccc(F)c(N2CCCCCC2=O)c1. The maximum Gasteiger partial charge on any atom is 0.335 e. The molecule has 2 rings (SSSR count). The minimum atomic E-state index is -1.13. The van der Waals surface area contributed by atoms with E-state index in [1.165, 1.54) is 17.0 Å². The molecule has 0 spiro atoms. The highest BCUT2D eigenvalue weighted by Gasteiger charge is 2.22. The van der Waals surface area contributed by atoms with Gasteiger partial charge >= 0.3 is 5.97 Å². The topological polar surface area (TPSA) is 57.6 Å².